The molecule has 4 rings (SSSR count). The molecule has 0 radical (unpaired) electrons. The Balaban J connectivity index is 1.74. The van der Waals surface area contributed by atoms with Crippen molar-refractivity contribution in [3.8, 4) is 0 Å². The fourth-order valence-corrected chi connectivity index (χ4v) is 3.50. The summed E-state index contributed by atoms with van der Waals surface area (Å²) in [4.78, 5) is 21.2. The maximum Gasteiger partial charge on any atom is 0.332 e. The third-order valence-corrected chi connectivity index (χ3v) is 4.97. The Morgan fingerprint density at radius 1 is 1.40 bits per heavy atom. The first-order valence-corrected chi connectivity index (χ1v) is 8.76. The van der Waals surface area contributed by atoms with E-state index in [-0.39, 0.29) is 24.3 Å². The van der Waals surface area contributed by atoms with Crippen LogP contribution in [0, 0.1) is 5.92 Å². The molecule has 9 heteroatoms. The first-order valence-electron chi connectivity index (χ1n) is 8.76. The van der Waals surface area contributed by atoms with E-state index in [1.807, 2.05) is 0 Å². The largest absolute Gasteiger partial charge is 0.396 e. The summed E-state index contributed by atoms with van der Waals surface area (Å²) < 4.78 is 8.97. The molecule has 0 amide bonds. The van der Waals surface area contributed by atoms with Crippen LogP contribution in [0.25, 0.3) is 11.2 Å². The lowest BCUT2D eigenvalue weighted by molar-refractivity contribution is -0.0401. The smallest absolute Gasteiger partial charge is 0.332 e. The van der Waals surface area contributed by atoms with Crippen LogP contribution < -0.4 is 11.4 Å². The lowest BCUT2D eigenvalue weighted by Crippen LogP contribution is -2.32. The Hall–Kier alpha value is -1.97. The van der Waals surface area contributed by atoms with Gasteiger partial charge < -0.3 is 20.7 Å². The molecule has 1 saturated heterocycles. The molecule has 3 heterocycles. The minimum atomic E-state index is -0.808. The van der Waals surface area contributed by atoms with E-state index in [2.05, 4.69) is 9.97 Å². The molecular weight excluding hydrogens is 326 g/mol. The van der Waals surface area contributed by atoms with Gasteiger partial charge in [-0.05, 0) is 31.6 Å². The summed E-state index contributed by atoms with van der Waals surface area (Å²) >= 11 is 0. The van der Waals surface area contributed by atoms with E-state index < -0.39 is 12.3 Å². The van der Waals surface area contributed by atoms with Crippen LogP contribution in [0.5, 0.6) is 0 Å². The summed E-state index contributed by atoms with van der Waals surface area (Å²) in [7, 11) is 0. The van der Waals surface area contributed by atoms with Gasteiger partial charge in [-0.15, -0.1) is 0 Å². The number of ether oxygens (including phenoxy) is 1. The molecule has 0 spiro atoms. The summed E-state index contributed by atoms with van der Waals surface area (Å²) in [6, 6.07) is 0. The van der Waals surface area contributed by atoms with Gasteiger partial charge in [0.2, 0.25) is 5.95 Å². The molecule has 1 aliphatic heterocycles. The number of anilines is 1. The first kappa shape index (κ1) is 16.5. The summed E-state index contributed by atoms with van der Waals surface area (Å²) in [5.74, 6) is 0.579. The number of nitrogens with zero attached hydrogens (tertiary/aromatic N) is 4. The number of aromatic nitrogens is 4. The Morgan fingerprint density at radius 2 is 2.20 bits per heavy atom. The van der Waals surface area contributed by atoms with Crippen LogP contribution in [0.2, 0.25) is 0 Å². The Labute approximate surface area is 144 Å². The molecule has 1 saturated carbocycles. The highest BCUT2D eigenvalue weighted by atomic mass is 16.5. The second kappa shape index (κ2) is 6.40. The van der Waals surface area contributed by atoms with Gasteiger partial charge >= 0.3 is 5.69 Å². The van der Waals surface area contributed by atoms with Crippen LogP contribution >= 0.6 is 0 Å². The molecule has 25 heavy (non-hydrogen) atoms. The van der Waals surface area contributed by atoms with Crippen LogP contribution in [0.1, 0.15) is 38.3 Å². The number of aliphatic hydroxyl groups excluding tert-OH is 2. The molecule has 2 aromatic heterocycles. The lowest BCUT2D eigenvalue weighted by atomic mass is 10.1. The van der Waals surface area contributed by atoms with Gasteiger partial charge in [0.1, 0.15) is 11.6 Å². The van der Waals surface area contributed by atoms with Crippen molar-refractivity contribution >= 4 is 17.1 Å². The quantitative estimate of drug-likeness (QED) is 0.670. The summed E-state index contributed by atoms with van der Waals surface area (Å²) in [6.45, 7) is 0.692. The summed E-state index contributed by atoms with van der Waals surface area (Å²) in [6.07, 6.45) is 3.64. The summed E-state index contributed by atoms with van der Waals surface area (Å²) in [5.41, 5.74) is 6.46. The van der Waals surface area contributed by atoms with E-state index in [1.165, 1.54) is 4.57 Å². The molecule has 1 aliphatic carbocycles. The lowest BCUT2D eigenvalue weighted by Gasteiger charge is -2.16. The van der Waals surface area contributed by atoms with Crippen molar-refractivity contribution < 1.29 is 14.9 Å². The number of imidazole rings is 1. The van der Waals surface area contributed by atoms with Crippen molar-refractivity contribution in [3.05, 3.63) is 16.7 Å². The van der Waals surface area contributed by atoms with Gasteiger partial charge in [-0.2, -0.15) is 4.98 Å². The second-order valence-corrected chi connectivity index (χ2v) is 6.96. The SMILES string of the molecule is Nc1ncc2c(n1)n([C@@H]1O[C@@H](CCCO)C[C@H]1O)c(=O)n2CC1CC1. The van der Waals surface area contributed by atoms with Crippen LogP contribution in [0.4, 0.5) is 5.95 Å². The van der Waals surface area contributed by atoms with Gasteiger partial charge in [-0.1, -0.05) is 0 Å². The predicted molar refractivity (Wildman–Crippen MR) is 89.8 cm³/mol. The number of hydrogen-bond donors (Lipinski definition) is 3. The molecule has 136 valence electrons. The zero-order chi connectivity index (χ0) is 17.6. The van der Waals surface area contributed by atoms with E-state index in [0.29, 0.717) is 42.9 Å². The minimum Gasteiger partial charge on any atom is -0.396 e. The number of nitrogen functional groups attached to an aromatic ring is 1. The van der Waals surface area contributed by atoms with E-state index >= 15 is 0 Å². The van der Waals surface area contributed by atoms with Crippen LogP contribution in [0.3, 0.4) is 0 Å². The Kier molecular flexibility index (Phi) is 4.22. The number of hydrogen-bond acceptors (Lipinski definition) is 7. The monoisotopic (exact) mass is 349 g/mol. The zero-order valence-electron chi connectivity index (χ0n) is 13.9. The molecule has 2 fully saturated rings. The predicted octanol–water partition coefficient (Wildman–Crippen LogP) is 0.00610. The Morgan fingerprint density at radius 3 is 2.92 bits per heavy atom. The van der Waals surface area contributed by atoms with E-state index in [1.54, 1.807) is 10.8 Å². The highest BCUT2D eigenvalue weighted by Crippen LogP contribution is 2.34. The van der Waals surface area contributed by atoms with Gasteiger partial charge in [0.15, 0.2) is 11.9 Å². The number of nitrogens with two attached hydrogens (primary N) is 1. The van der Waals surface area contributed by atoms with Crippen molar-refractivity contribution in [2.24, 2.45) is 5.92 Å². The van der Waals surface area contributed by atoms with Crippen molar-refractivity contribution in [1.82, 2.24) is 19.1 Å². The van der Waals surface area contributed by atoms with Gasteiger partial charge in [-0.25, -0.2) is 14.3 Å². The van der Waals surface area contributed by atoms with E-state index in [4.69, 9.17) is 15.6 Å². The number of aliphatic hydroxyl groups is 2. The van der Waals surface area contributed by atoms with Crippen molar-refractivity contribution in [1.29, 1.82) is 0 Å². The van der Waals surface area contributed by atoms with Crippen LogP contribution in [0.15, 0.2) is 11.0 Å². The fourth-order valence-electron chi connectivity index (χ4n) is 3.50. The van der Waals surface area contributed by atoms with Gasteiger partial charge in [0.25, 0.3) is 0 Å². The molecule has 4 N–H and O–H groups in total. The molecule has 9 nitrogen and oxygen atoms in total. The standard InChI is InChI=1S/C16H23N5O4/c17-15-18-7-11-13(19-15)21(16(24)20(11)8-9-3-4-9)14-12(23)6-10(25-14)2-1-5-22/h7,9-10,12,14,22-23H,1-6,8H2,(H2,17,18,19)/t10-,12+,14+/m0/s1. The third-order valence-electron chi connectivity index (χ3n) is 4.97. The second-order valence-electron chi connectivity index (χ2n) is 6.96. The Bertz CT molecular complexity index is 828. The maximum atomic E-state index is 13.0. The molecule has 0 bridgehead atoms. The fraction of sp³-hybridized carbons (Fsp3) is 0.688. The highest BCUT2D eigenvalue weighted by Gasteiger charge is 2.38. The van der Waals surface area contributed by atoms with Crippen molar-refractivity contribution in [2.75, 3.05) is 12.3 Å². The molecular formula is C16H23N5O4. The average Bonchev–Trinajstić information content (AvgIpc) is 3.28. The van der Waals surface area contributed by atoms with Gasteiger partial charge in [0, 0.05) is 19.6 Å². The normalized spacial score (nSPS) is 26.6. The van der Waals surface area contributed by atoms with E-state index in [0.717, 1.165) is 12.8 Å². The minimum absolute atomic E-state index is 0.0744. The van der Waals surface area contributed by atoms with Crippen LogP contribution in [-0.2, 0) is 11.3 Å². The number of rotatable bonds is 6. The maximum absolute atomic E-state index is 13.0. The molecule has 0 unspecified atom stereocenters. The molecule has 0 aromatic carbocycles. The highest BCUT2D eigenvalue weighted by molar-refractivity contribution is 5.72. The third kappa shape index (κ3) is 3.03. The van der Waals surface area contributed by atoms with Crippen LogP contribution in [-0.4, -0.2) is 48.1 Å². The number of fused-ring (bicyclic) bond motifs is 1. The topological polar surface area (TPSA) is 128 Å². The average molecular weight is 349 g/mol. The van der Waals surface area contributed by atoms with Gasteiger partial charge in [0.05, 0.1) is 12.3 Å². The summed E-state index contributed by atoms with van der Waals surface area (Å²) in [5, 5.41) is 19.4. The molecule has 3 atom stereocenters. The zero-order valence-corrected chi connectivity index (χ0v) is 13.9. The van der Waals surface area contributed by atoms with Crippen molar-refractivity contribution in [2.45, 2.75) is 57.1 Å². The van der Waals surface area contributed by atoms with Crippen molar-refractivity contribution in [3.63, 3.8) is 0 Å². The molecule has 2 aromatic rings. The first-order chi connectivity index (χ1) is 12.1. The van der Waals surface area contributed by atoms with E-state index in [9.17, 15) is 9.90 Å². The van der Waals surface area contributed by atoms with Gasteiger partial charge in [-0.3, -0.25) is 4.57 Å². The molecule has 2 aliphatic rings.